The highest BCUT2D eigenvalue weighted by Gasteiger charge is 2.47. The number of allylic oxidation sites excluding steroid dienone is 2. The van der Waals surface area contributed by atoms with Crippen LogP contribution in [0.15, 0.2) is 12.2 Å². The molecule has 1 fully saturated rings. The first-order valence-electron chi connectivity index (χ1n) is 5.23. The molecule has 68 valence electrons. The minimum absolute atomic E-state index is 0.762. The topological polar surface area (TPSA) is 3.01 Å². The van der Waals surface area contributed by atoms with Crippen LogP contribution in [-0.4, -0.2) is 23.0 Å². The lowest BCUT2D eigenvalue weighted by atomic mass is 10.1. The maximum Gasteiger partial charge on any atom is 0.0261 e. The first-order valence-corrected chi connectivity index (χ1v) is 5.23. The number of fused-ring (bicyclic) bond motifs is 1. The summed E-state index contributed by atoms with van der Waals surface area (Å²) in [5.74, 6) is 0. The zero-order valence-electron chi connectivity index (χ0n) is 8.16. The van der Waals surface area contributed by atoms with Crippen LogP contribution in [0.2, 0.25) is 0 Å². The predicted octanol–water partition coefficient (Wildman–Crippen LogP) is 2.58. The van der Waals surface area contributed by atoms with Crippen LogP contribution in [0.3, 0.4) is 0 Å². The maximum atomic E-state index is 2.67. The lowest BCUT2D eigenvalue weighted by Crippen LogP contribution is -2.13. The molecule has 0 saturated carbocycles. The van der Waals surface area contributed by atoms with Crippen LogP contribution in [0, 0.1) is 0 Å². The van der Waals surface area contributed by atoms with E-state index >= 15 is 0 Å². The fraction of sp³-hybridized carbons (Fsp3) is 0.818. The molecule has 2 aliphatic rings. The highest BCUT2D eigenvalue weighted by molar-refractivity contribution is 5.06. The summed E-state index contributed by atoms with van der Waals surface area (Å²) in [4.78, 5) is 2.67. The lowest BCUT2D eigenvalue weighted by molar-refractivity contribution is 0.388. The minimum Gasteiger partial charge on any atom is -0.292 e. The van der Waals surface area contributed by atoms with E-state index in [1.807, 2.05) is 0 Å². The second-order valence-corrected chi connectivity index (χ2v) is 4.30. The minimum atomic E-state index is 0.762. The number of nitrogens with zero attached hydrogens (tertiary/aromatic N) is 1. The van der Waals surface area contributed by atoms with E-state index in [2.05, 4.69) is 30.9 Å². The summed E-state index contributed by atoms with van der Waals surface area (Å²) in [7, 11) is 0. The summed E-state index contributed by atoms with van der Waals surface area (Å²) in [5, 5.41) is 0. The van der Waals surface area contributed by atoms with Gasteiger partial charge in [-0.1, -0.05) is 12.2 Å². The molecule has 1 aliphatic carbocycles. The zero-order chi connectivity index (χ0) is 8.55. The molecule has 1 heteroatoms. The van der Waals surface area contributed by atoms with Crippen LogP contribution < -0.4 is 0 Å². The van der Waals surface area contributed by atoms with Gasteiger partial charge in [-0.15, -0.1) is 0 Å². The Labute approximate surface area is 75.4 Å². The maximum absolute atomic E-state index is 2.67. The fourth-order valence-corrected chi connectivity index (χ4v) is 2.57. The van der Waals surface area contributed by atoms with Crippen molar-refractivity contribution >= 4 is 0 Å². The van der Waals surface area contributed by atoms with Crippen molar-refractivity contribution in [1.82, 2.24) is 4.90 Å². The van der Waals surface area contributed by atoms with Crippen LogP contribution >= 0.6 is 0 Å². The molecule has 1 heterocycles. The van der Waals surface area contributed by atoms with Gasteiger partial charge in [0.15, 0.2) is 0 Å². The fourth-order valence-electron chi connectivity index (χ4n) is 2.57. The third-order valence-corrected chi connectivity index (χ3v) is 3.14. The number of hydrogen-bond acceptors (Lipinski definition) is 1. The average Bonchev–Trinajstić information content (AvgIpc) is 2.60. The van der Waals surface area contributed by atoms with Gasteiger partial charge in [0.2, 0.25) is 0 Å². The molecular weight excluding hydrogens is 146 g/mol. The summed E-state index contributed by atoms with van der Waals surface area (Å²) >= 11 is 0. The van der Waals surface area contributed by atoms with Crippen LogP contribution in [-0.2, 0) is 0 Å². The summed E-state index contributed by atoms with van der Waals surface area (Å²) in [5.41, 5.74) is 0. The summed E-state index contributed by atoms with van der Waals surface area (Å²) in [6.07, 6.45) is 10.1. The molecule has 1 saturated heterocycles. The van der Waals surface area contributed by atoms with Crippen molar-refractivity contribution in [3.05, 3.63) is 12.2 Å². The van der Waals surface area contributed by atoms with E-state index in [1.54, 1.807) is 0 Å². The van der Waals surface area contributed by atoms with Crippen molar-refractivity contribution in [3.8, 4) is 0 Å². The molecule has 0 radical (unpaired) electrons. The van der Waals surface area contributed by atoms with Gasteiger partial charge in [-0.2, -0.15) is 0 Å². The Kier molecular flexibility index (Phi) is 2.22. The average molecular weight is 165 g/mol. The predicted molar refractivity (Wildman–Crippen MR) is 52.2 cm³/mol. The molecule has 0 amide bonds. The molecule has 2 rings (SSSR count). The highest BCUT2D eigenvalue weighted by atomic mass is 15.4. The molecule has 0 aromatic rings. The molecule has 2 atom stereocenters. The van der Waals surface area contributed by atoms with Crippen LogP contribution in [0.4, 0.5) is 0 Å². The van der Waals surface area contributed by atoms with E-state index in [-0.39, 0.29) is 0 Å². The van der Waals surface area contributed by atoms with E-state index in [9.17, 15) is 0 Å². The monoisotopic (exact) mass is 165 g/mol. The highest BCUT2D eigenvalue weighted by Crippen LogP contribution is 2.38. The Morgan fingerprint density at radius 2 is 1.58 bits per heavy atom. The van der Waals surface area contributed by atoms with Gasteiger partial charge in [0.05, 0.1) is 0 Å². The van der Waals surface area contributed by atoms with Gasteiger partial charge in [-0.25, -0.2) is 0 Å². The van der Waals surface area contributed by atoms with Gasteiger partial charge in [0.25, 0.3) is 0 Å². The third-order valence-electron chi connectivity index (χ3n) is 3.14. The van der Waals surface area contributed by atoms with Crippen molar-refractivity contribution in [2.75, 3.05) is 0 Å². The molecular formula is C11H19N. The zero-order valence-corrected chi connectivity index (χ0v) is 8.16. The molecule has 0 N–H and O–H groups in total. The molecule has 0 bridgehead atoms. The molecule has 12 heavy (non-hydrogen) atoms. The van der Waals surface area contributed by atoms with Crippen molar-refractivity contribution in [3.63, 3.8) is 0 Å². The Balaban J connectivity index is 1.93. The second-order valence-electron chi connectivity index (χ2n) is 4.30. The van der Waals surface area contributed by atoms with E-state index in [4.69, 9.17) is 0 Å². The van der Waals surface area contributed by atoms with Crippen molar-refractivity contribution in [2.45, 2.75) is 57.7 Å². The van der Waals surface area contributed by atoms with Crippen LogP contribution in [0.1, 0.15) is 39.5 Å². The number of rotatable bonds is 1. The van der Waals surface area contributed by atoms with Gasteiger partial charge in [-0.3, -0.25) is 4.90 Å². The Bertz CT molecular complexity index is 167. The molecule has 0 aromatic heterocycles. The molecule has 0 aromatic carbocycles. The van der Waals surface area contributed by atoms with E-state index in [1.165, 1.54) is 25.7 Å². The van der Waals surface area contributed by atoms with E-state index < -0.39 is 0 Å². The molecule has 2 unspecified atom stereocenters. The molecule has 0 spiro atoms. The van der Waals surface area contributed by atoms with Gasteiger partial charge >= 0.3 is 0 Å². The Morgan fingerprint density at radius 1 is 1.08 bits per heavy atom. The summed E-state index contributed by atoms with van der Waals surface area (Å²) in [6.45, 7) is 4.64. The normalized spacial score (nSPS) is 40.4. The second kappa shape index (κ2) is 3.21. The van der Waals surface area contributed by atoms with Crippen LogP contribution in [0.25, 0.3) is 0 Å². The third kappa shape index (κ3) is 1.42. The van der Waals surface area contributed by atoms with E-state index in [0.717, 1.165) is 18.1 Å². The van der Waals surface area contributed by atoms with Crippen molar-refractivity contribution < 1.29 is 0 Å². The molecule has 1 nitrogen and oxygen atoms in total. The van der Waals surface area contributed by atoms with Crippen molar-refractivity contribution in [1.29, 1.82) is 0 Å². The summed E-state index contributed by atoms with van der Waals surface area (Å²) < 4.78 is 0. The standard InChI is InChI=1S/C11H19N/c1-9(2)12-10-7-5-3-4-6-8-11(10)12/h3-4,9-11H,5-8H2,1-2H3. The summed E-state index contributed by atoms with van der Waals surface area (Å²) in [6, 6.07) is 2.61. The smallest absolute Gasteiger partial charge is 0.0261 e. The van der Waals surface area contributed by atoms with Gasteiger partial charge in [-0.05, 0) is 39.5 Å². The SMILES string of the molecule is CC(C)N1C2CCC=CCCC21. The quantitative estimate of drug-likeness (QED) is 0.426. The van der Waals surface area contributed by atoms with Gasteiger partial charge in [0, 0.05) is 18.1 Å². The van der Waals surface area contributed by atoms with Gasteiger partial charge < -0.3 is 0 Å². The Hall–Kier alpha value is -0.300. The van der Waals surface area contributed by atoms with Gasteiger partial charge in [0.1, 0.15) is 0 Å². The van der Waals surface area contributed by atoms with Crippen molar-refractivity contribution in [2.24, 2.45) is 0 Å². The van der Waals surface area contributed by atoms with E-state index in [0.29, 0.717) is 0 Å². The first-order chi connectivity index (χ1) is 5.80. The number of hydrogen-bond donors (Lipinski definition) is 0. The van der Waals surface area contributed by atoms with Crippen LogP contribution in [0.5, 0.6) is 0 Å². The largest absolute Gasteiger partial charge is 0.292 e. The first kappa shape index (κ1) is 8.31. The molecule has 1 aliphatic heterocycles. The lowest BCUT2D eigenvalue weighted by Gasteiger charge is -2.06. The Morgan fingerprint density at radius 3 is 2.00 bits per heavy atom.